The lowest BCUT2D eigenvalue weighted by atomic mass is 9.63. The molecule has 0 bridgehead atoms. The Morgan fingerprint density at radius 3 is 2.33 bits per heavy atom. The zero-order valence-corrected chi connectivity index (χ0v) is 12.8. The molecule has 1 fully saturated rings. The summed E-state index contributed by atoms with van der Waals surface area (Å²) >= 11 is 0. The van der Waals surface area contributed by atoms with Gasteiger partial charge in [-0.05, 0) is 32.3 Å². The summed E-state index contributed by atoms with van der Waals surface area (Å²) in [5.41, 5.74) is 0.618. The minimum Gasteiger partial charge on any atom is -0.465 e. The van der Waals surface area contributed by atoms with Crippen LogP contribution in [0.4, 0.5) is 0 Å². The van der Waals surface area contributed by atoms with Crippen molar-refractivity contribution in [3.63, 3.8) is 0 Å². The fraction of sp³-hybridized carbons (Fsp3) is 0.529. The van der Waals surface area contributed by atoms with Gasteiger partial charge in [0.2, 0.25) is 5.91 Å². The third-order valence-electron chi connectivity index (χ3n) is 4.24. The zero-order chi connectivity index (χ0) is 15.3. The van der Waals surface area contributed by atoms with Gasteiger partial charge in [0.1, 0.15) is 6.54 Å². The molecule has 0 radical (unpaired) electrons. The monoisotopic (exact) mass is 289 g/mol. The van der Waals surface area contributed by atoms with Crippen LogP contribution in [-0.2, 0) is 19.7 Å². The molecule has 0 unspecified atom stereocenters. The normalized spacial score (nSPS) is 15.9. The molecule has 0 heterocycles. The molecule has 1 amide bonds. The second-order valence-corrected chi connectivity index (χ2v) is 5.43. The van der Waals surface area contributed by atoms with Crippen molar-refractivity contribution in [3.05, 3.63) is 35.9 Å². The van der Waals surface area contributed by atoms with Crippen LogP contribution < -0.4 is 0 Å². The third-order valence-corrected chi connectivity index (χ3v) is 4.24. The van der Waals surface area contributed by atoms with E-state index in [1.54, 1.807) is 11.8 Å². The first-order valence-electron chi connectivity index (χ1n) is 7.64. The molecule has 0 saturated heterocycles. The topological polar surface area (TPSA) is 46.6 Å². The van der Waals surface area contributed by atoms with Crippen LogP contribution in [0.3, 0.4) is 0 Å². The maximum Gasteiger partial charge on any atom is 0.325 e. The lowest BCUT2D eigenvalue weighted by Gasteiger charge is -2.43. The maximum atomic E-state index is 12.9. The number of carbonyl (C=O) groups is 2. The Bertz CT molecular complexity index is 494. The number of carbonyl (C=O) groups excluding carboxylic acids is 2. The molecule has 4 nitrogen and oxygen atoms in total. The fourth-order valence-electron chi connectivity index (χ4n) is 2.91. The summed E-state index contributed by atoms with van der Waals surface area (Å²) in [6.07, 6.45) is 2.77. The first kappa shape index (κ1) is 15.5. The highest BCUT2D eigenvalue weighted by Gasteiger charge is 2.47. The highest BCUT2D eigenvalue weighted by atomic mass is 16.5. The average molecular weight is 289 g/mol. The number of esters is 1. The van der Waals surface area contributed by atoms with Crippen molar-refractivity contribution in [2.24, 2.45) is 0 Å². The van der Waals surface area contributed by atoms with Gasteiger partial charge in [-0.3, -0.25) is 9.59 Å². The van der Waals surface area contributed by atoms with Gasteiger partial charge in [0.05, 0.1) is 12.0 Å². The van der Waals surface area contributed by atoms with Crippen LogP contribution in [0.2, 0.25) is 0 Å². The van der Waals surface area contributed by atoms with Gasteiger partial charge >= 0.3 is 5.97 Å². The first-order chi connectivity index (χ1) is 10.1. The van der Waals surface area contributed by atoms with Crippen LogP contribution in [0.15, 0.2) is 30.3 Å². The van der Waals surface area contributed by atoms with Crippen LogP contribution in [0.1, 0.15) is 38.7 Å². The molecule has 2 rings (SSSR count). The Kier molecular flexibility index (Phi) is 4.99. The number of rotatable bonds is 6. The molecule has 0 aliphatic heterocycles. The molecule has 1 saturated carbocycles. The molecular weight excluding hydrogens is 266 g/mol. The van der Waals surface area contributed by atoms with Gasteiger partial charge in [0.15, 0.2) is 0 Å². The van der Waals surface area contributed by atoms with Crippen LogP contribution in [0, 0.1) is 0 Å². The minimum absolute atomic E-state index is 0.0394. The van der Waals surface area contributed by atoms with Gasteiger partial charge in [-0.25, -0.2) is 0 Å². The van der Waals surface area contributed by atoms with Gasteiger partial charge < -0.3 is 9.64 Å². The number of amides is 1. The summed E-state index contributed by atoms with van der Waals surface area (Å²) in [6, 6.07) is 9.90. The Balaban J connectivity index is 2.17. The van der Waals surface area contributed by atoms with E-state index >= 15 is 0 Å². The number of likely N-dealkylation sites (N-methyl/N-ethyl adjacent to an activating group) is 1. The van der Waals surface area contributed by atoms with Crippen molar-refractivity contribution in [1.29, 1.82) is 0 Å². The van der Waals surface area contributed by atoms with E-state index in [4.69, 9.17) is 4.74 Å². The zero-order valence-electron chi connectivity index (χ0n) is 12.8. The molecule has 4 heteroatoms. The quantitative estimate of drug-likeness (QED) is 0.756. The number of hydrogen-bond acceptors (Lipinski definition) is 3. The highest BCUT2D eigenvalue weighted by molar-refractivity contribution is 5.91. The summed E-state index contributed by atoms with van der Waals surface area (Å²) in [5, 5.41) is 0. The van der Waals surface area contributed by atoms with Gasteiger partial charge in [-0.1, -0.05) is 36.8 Å². The van der Waals surface area contributed by atoms with Gasteiger partial charge in [0.25, 0.3) is 0 Å². The number of benzene rings is 1. The van der Waals surface area contributed by atoms with E-state index in [9.17, 15) is 9.59 Å². The maximum absolute atomic E-state index is 12.9. The van der Waals surface area contributed by atoms with Crippen molar-refractivity contribution in [1.82, 2.24) is 4.90 Å². The van der Waals surface area contributed by atoms with Crippen molar-refractivity contribution in [3.8, 4) is 0 Å². The van der Waals surface area contributed by atoms with Crippen LogP contribution in [-0.4, -0.2) is 36.5 Å². The highest BCUT2D eigenvalue weighted by Crippen LogP contribution is 2.45. The molecule has 0 N–H and O–H groups in total. The number of nitrogens with zero attached hydrogens (tertiary/aromatic N) is 1. The van der Waals surface area contributed by atoms with E-state index in [0.29, 0.717) is 13.2 Å². The van der Waals surface area contributed by atoms with E-state index in [0.717, 1.165) is 24.8 Å². The van der Waals surface area contributed by atoms with E-state index in [2.05, 4.69) is 0 Å². The van der Waals surface area contributed by atoms with E-state index in [1.165, 1.54) is 0 Å². The molecule has 0 spiro atoms. The molecule has 1 aliphatic rings. The molecule has 0 aromatic heterocycles. The van der Waals surface area contributed by atoms with E-state index in [-0.39, 0.29) is 18.4 Å². The lowest BCUT2D eigenvalue weighted by Crippen LogP contribution is -2.52. The fourth-order valence-corrected chi connectivity index (χ4v) is 2.91. The van der Waals surface area contributed by atoms with Crippen molar-refractivity contribution in [2.75, 3.05) is 19.7 Å². The molecule has 1 aromatic rings. The van der Waals surface area contributed by atoms with Gasteiger partial charge in [-0.15, -0.1) is 0 Å². The molecular formula is C17H23NO3. The van der Waals surface area contributed by atoms with Crippen molar-refractivity contribution < 1.29 is 14.3 Å². The van der Waals surface area contributed by atoms with Crippen LogP contribution >= 0.6 is 0 Å². The molecule has 114 valence electrons. The molecule has 0 atom stereocenters. The summed E-state index contributed by atoms with van der Waals surface area (Å²) in [5.74, 6) is -0.286. The summed E-state index contributed by atoms with van der Waals surface area (Å²) < 4.78 is 4.96. The van der Waals surface area contributed by atoms with Crippen LogP contribution in [0.25, 0.3) is 0 Å². The average Bonchev–Trinajstić information content (AvgIpc) is 2.45. The Morgan fingerprint density at radius 1 is 1.19 bits per heavy atom. The summed E-state index contributed by atoms with van der Waals surface area (Å²) in [7, 11) is 0. The smallest absolute Gasteiger partial charge is 0.325 e. The van der Waals surface area contributed by atoms with Gasteiger partial charge in [0, 0.05) is 6.54 Å². The van der Waals surface area contributed by atoms with Crippen molar-refractivity contribution >= 4 is 11.9 Å². The third kappa shape index (κ3) is 3.09. The standard InChI is InChI=1S/C17H23NO3/c1-3-18(13-15(19)21-4-2)16(20)17(11-8-12-17)14-9-6-5-7-10-14/h5-7,9-10H,3-4,8,11-13H2,1-2H3. The predicted octanol–water partition coefficient (Wildman–Crippen LogP) is 2.52. The SMILES string of the molecule is CCOC(=O)CN(CC)C(=O)C1(c2ccccc2)CCC1. The second kappa shape index (κ2) is 6.74. The summed E-state index contributed by atoms with van der Waals surface area (Å²) in [6.45, 7) is 4.57. The van der Waals surface area contributed by atoms with Crippen molar-refractivity contribution in [2.45, 2.75) is 38.5 Å². The molecule has 1 aliphatic carbocycles. The Morgan fingerprint density at radius 2 is 1.86 bits per heavy atom. The first-order valence-corrected chi connectivity index (χ1v) is 7.64. The molecule has 21 heavy (non-hydrogen) atoms. The van der Waals surface area contributed by atoms with E-state index in [1.807, 2.05) is 37.3 Å². The minimum atomic E-state index is -0.441. The molecule has 1 aromatic carbocycles. The van der Waals surface area contributed by atoms with Crippen LogP contribution in [0.5, 0.6) is 0 Å². The Hall–Kier alpha value is -1.84. The van der Waals surface area contributed by atoms with Gasteiger partial charge in [-0.2, -0.15) is 0 Å². The summed E-state index contributed by atoms with van der Waals surface area (Å²) in [4.78, 5) is 26.2. The number of hydrogen-bond donors (Lipinski definition) is 0. The number of ether oxygens (including phenoxy) is 1. The lowest BCUT2D eigenvalue weighted by molar-refractivity contribution is -0.152. The van der Waals surface area contributed by atoms with E-state index < -0.39 is 5.41 Å². The largest absolute Gasteiger partial charge is 0.465 e. The predicted molar refractivity (Wildman–Crippen MR) is 80.9 cm³/mol. The second-order valence-electron chi connectivity index (χ2n) is 5.43. The Labute approximate surface area is 126 Å².